The SMILES string of the molecule is O=C(CNC(=O)Nc1ccc(Cl)c(C(=O)O)c1)NC1CC1. The van der Waals surface area contributed by atoms with E-state index in [0.717, 1.165) is 12.8 Å². The van der Waals surface area contributed by atoms with Crippen molar-refractivity contribution < 1.29 is 19.5 Å². The smallest absolute Gasteiger partial charge is 0.337 e. The van der Waals surface area contributed by atoms with Crippen molar-refractivity contribution in [3.05, 3.63) is 28.8 Å². The van der Waals surface area contributed by atoms with Crippen LogP contribution < -0.4 is 16.0 Å². The van der Waals surface area contributed by atoms with Gasteiger partial charge in [0.05, 0.1) is 17.1 Å². The summed E-state index contributed by atoms with van der Waals surface area (Å²) < 4.78 is 0. The van der Waals surface area contributed by atoms with E-state index in [0.29, 0.717) is 0 Å². The third-order valence-electron chi connectivity index (χ3n) is 2.81. The van der Waals surface area contributed by atoms with Crippen molar-refractivity contribution in [2.45, 2.75) is 18.9 Å². The molecule has 0 heterocycles. The van der Waals surface area contributed by atoms with E-state index in [2.05, 4.69) is 16.0 Å². The van der Waals surface area contributed by atoms with Crippen molar-refractivity contribution in [2.24, 2.45) is 0 Å². The highest BCUT2D eigenvalue weighted by molar-refractivity contribution is 6.33. The molecule has 7 nitrogen and oxygen atoms in total. The van der Waals surface area contributed by atoms with Gasteiger partial charge in [-0.25, -0.2) is 9.59 Å². The fourth-order valence-corrected chi connectivity index (χ4v) is 1.81. The number of hydrogen-bond donors (Lipinski definition) is 4. The van der Waals surface area contributed by atoms with E-state index in [-0.39, 0.29) is 34.8 Å². The van der Waals surface area contributed by atoms with E-state index in [1.165, 1.54) is 18.2 Å². The minimum atomic E-state index is -1.19. The van der Waals surface area contributed by atoms with E-state index >= 15 is 0 Å². The Hall–Kier alpha value is -2.28. The number of rotatable bonds is 5. The van der Waals surface area contributed by atoms with Gasteiger partial charge in [-0.3, -0.25) is 4.79 Å². The highest BCUT2D eigenvalue weighted by atomic mass is 35.5. The van der Waals surface area contributed by atoms with Crippen LogP contribution in [0.15, 0.2) is 18.2 Å². The number of urea groups is 1. The summed E-state index contributed by atoms with van der Waals surface area (Å²) in [4.78, 5) is 33.9. The van der Waals surface area contributed by atoms with Gasteiger partial charge in [0.2, 0.25) is 5.91 Å². The summed E-state index contributed by atoms with van der Waals surface area (Å²) >= 11 is 5.72. The first-order chi connectivity index (χ1) is 9.95. The molecule has 1 aliphatic carbocycles. The lowest BCUT2D eigenvalue weighted by molar-refractivity contribution is -0.120. The monoisotopic (exact) mass is 311 g/mol. The molecule has 0 radical (unpaired) electrons. The van der Waals surface area contributed by atoms with Crippen LogP contribution in [0.1, 0.15) is 23.2 Å². The maximum Gasteiger partial charge on any atom is 0.337 e. The summed E-state index contributed by atoms with van der Waals surface area (Å²) in [5.74, 6) is -1.44. The summed E-state index contributed by atoms with van der Waals surface area (Å²) in [6, 6.07) is 3.73. The number of carboxylic acids is 1. The second-order valence-corrected chi connectivity index (χ2v) is 5.06. The molecule has 0 bridgehead atoms. The van der Waals surface area contributed by atoms with Crippen LogP contribution in [0.5, 0.6) is 0 Å². The molecule has 0 aromatic heterocycles. The van der Waals surface area contributed by atoms with Crippen molar-refractivity contribution >= 4 is 35.2 Å². The Morgan fingerprint density at radius 1 is 1.29 bits per heavy atom. The highest BCUT2D eigenvalue weighted by Gasteiger charge is 2.23. The molecule has 1 aliphatic rings. The average molecular weight is 312 g/mol. The third-order valence-corrected chi connectivity index (χ3v) is 3.14. The molecule has 3 amide bonds. The quantitative estimate of drug-likeness (QED) is 0.660. The van der Waals surface area contributed by atoms with Gasteiger partial charge in [-0.1, -0.05) is 11.6 Å². The number of nitrogens with one attached hydrogen (secondary N) is 3. The number of carboxylic acid groups (broad SMARTS) is 1. The Balaban J connectivity index is 1.85. The van der Waals surface area contributed by atoms with E-state index in [1.807, 2.05) is 0 Å². The Bertz CT molecular complexity index is 587. The summed E-state index contributed by atoms with van der Waals surface area (Å²) in [6.45, 7) is -0.137. The fraction of sp³-hybridized carbons (Fsp3) is 0.308. The van der Waals surface area contributed by atoms with Crippen LogP contribution in [0.25, 0.3) is 0 Å². The predicted molar refractivity (Wildman–Crippen MR) is 76.6 cm³/mol. The van der Waals surface area contributed by atoms with Crippen molar-refractivity contribution in [2.75, 3.05) is 11.9 Å². The molecule has 112 valence electrons. The third kappa shape index (κ3) is 4.64. The number of carbonyl (C=O) groups excluding carboxylic acids is 2. The van der Waals surface area contributed by atoms with Crippen molar-refractivity contribution in [3.63, 3.8) is 0 Å². The van der Waals surface area contributed by atoms with Crippen LogP contribution in [-0.4, -0.2) is 35.6 Å². The largest absolute Gasteiger partial charge is 0.478 e. The zero-order chi connectivity index (χ0) is 15.4. The first kappa shape index (κ1) is 15.1. The van der Waals surface area contributed by atoms with Crippen LogP contribution in [-0.2, 0) is 4.79 Å². The molecule has 1 aromatic carbocycles. The fourth-order valence-electron chi connectivity index (χ4n) is 1.61. The second kappa shape index (κ2) is 6.45. The summed E-state index contributed by atoms with van der Waals surface area (Å²) in [7, 11) is 0. The number of amides is 3. The number of benzene rings is 1. The molecule has 8 heteroatoms. The summed E-state index contributed by atoms with van der Waals surface area (Å²) in [5.41, 5.74) is 0.165. The number of aromatic carboxylic acids is 1. The summed E-state index contributed by atoms with van der Waals surface area (Å²) in [6.07, 6.45) is 1.95. The molecule has 1 saturated carbocycles. The maximum atomic E-state index is 11.6. The van der Waals surface area contributed by atoms with E-state index in [4.69, 9.17) is 16.7 Å². The Morgan fingerprint density at radius 3 is 2.62 bits per heavy atom. The average Bonchev–Trinajstić information content (AvgIpc) is 3.22. The van der Waals surface area contributed by atoms with Crippen molar-refractivity contribution in [3.8, 4) is 0 Å². The molecule has 2 rings (SSSR count). The topological polar surface area (TPSA) is 108 Å². The van der Waals surface area contributed by atoms with Crippen molar-refractivity contribution in [1.29, 1.82) is 0 Å². The minimum absolute atomic E-state index is 0.0808. The molecule has 0 aliphatic heterocycles. The Morgan fingerprint density at radius 2 is 2.00 bits per heavy atom. The van der Waals surface area contributed by atoms with Crippen LogP contribution in [0, 0.1) is 0 Å². The van der Waals surface area contributed by atoms with Gasteiger partial charge >= 0.3 is 12.0 Å². The minimum Gasteiger partial charge on any atom is -0.478 e. The van der Waals surface area contributed by atoms with Crippen LogP contribution in [0.4, 0.5) is 10.5 Å². The number of carbonyl (C=O) groups is 3. The van der Waals surface area contributed by atoms with Crippen molar-refractivity contribution in [1.82, 2.24) is 10.6 Å². The first-order valence-electron chi connectivity index (χ1n) is 6.33. The van der Waals surface area contributed by atoms with E-state index < -0.39 is 12.0 Å². The number of hydrogen-bond acceptors (Lipinski definition) is 3. The molecule has 0 spiro atoms. The molecule has 1 aromatic rings. The Kier molecular flexibility index (Phi) is 4.64. The molecule has 21 heavy (non-hydrogen) atoms. The molecule has 0 saturated heterocycles. The zero-order valence-corrected chi connectivity index (χ0v) is 11.7. The van der Waals surface area contributed by atoms with Gasteiger partial charge in [0.1, 0.15) is 0 Å². The highest BCUT2D eigenvalue weighted by Crippen LogP contribution is 2.20. The molecule has 0 unspecified atom stereocenters. The molecular weight excluding hydrogens is 298 g/mol. The lowest BCUT2D eigenvalue weighted by Crippen LogP contribution is -2.39. The number of anilines is 1. The van der Waals surface area contributed by atoms with E-state index in [9.17, 15) is 14.4 Å². The lowest BCUT2D eigenvalue weighted by Gasteiger charge is -2.09. The van der Waals surface area contributed by atoms with Gasteiger partial charge in [-0.2, -0.15) is 0 Å². The zero-order valence-electron chi connectivity index (χ0n) is 11.0. The Labute approximate surface area is 125 Å². The number of halogens is 1. The molecule has 4 N–H and O–H groups in total. The summed E-state index contributed by atoms with van der Waals surface area (Å²) in [5, 5.41) is 16.6. The van der Waals surface area contributed by atoms with Gasteiger partial charge in [0, 0.05) is 11.7 Å². The van der Waals surface area contributed by atoms with Gasteiger partial charge in [0.15, 0.2) is 0 Å². The maximum absolute atomic E-state index is 11.6. The van der Waals surface area contributed by atoms with Crippen LogP contribution in [0.3, 0.4) is 0 Å². The molecule has 1 fully saturated rings. The van der Waals surface area contributed by atoms with Gasteiger partial charge < -0.3 is 21.1 Å². The van der Waals surface area contributed by atoms with Crippen LogP contribution >= 0.6 is 11.6 Å². The van der Waals surface area contributed by atoms with Gasteiger partial charge in [-0.15, -0.1) is 0 Å². The van der Waals surface area contributed by atoms with E-state index in [1.54, 1.807) is 0 Å². The van der Waals surface area contributed by atoms with Gasteiger partial charge in [0.25, 0.3) is 0 Å². The first-order valence-corrected chi connectivity index (χ1v) is 6.70. The standard InChI is InChI=1S/C13H14ClN3O4/c14-10-4-3-8(5-9(10)12(19)20)17-13(21)15-6-11(18)16-7-1-2-7/h3-5,7H,1-2,6H2,(H,16,18)(H,19,20)(H2,15,17,21). The normalized spacial score (nSPS) is 13.4. The second-order valence-electron chi connectivity index (χ2n) is 4.65. The van der Waals surface area contributed by atoms with Gasteiger partial charge in [-0.05, 0) is 31.0 Å². The molecular formula is C13H14ClN3O4. The lowest BCUT2D eigenvalue weighted by atomic mass is 10.2. The molecule has 0 atom stereocenters. The predicted octanol–water partition coefficient (Wildman–Crippen LogP) is 1.44. The van der Waals surface area contributed by atoms with Crippen LogP contribution in [0.2, 0.25) is 5.02 Å².